The first-order valence-electron chi connectivity index (χ1n) is 4.19. The molecule has 2 N–H and O–H groups in total. The molecule has 1 unspecified atom stereocenters. The van der Waals surface area contributed by atoms with E-state index in [-0.39, 0.29) is 5.75 Å². The van der Waals surface area contributed by atoms with Gasteiger partial charge >= 0.3 is 5.97 Å². The number of carboxylic acid groups (broad SMARTS) is 1. The van der Waals surface area contributed by atoms with Gasteiger partial charge < -0.3 is 10.4 Å². The van der Waals surface area contributed by atoms with Gasteiger partial charge in [-0.2, -0.15) is 12.6 Å². The zero-order valence-electron chi connectivity index (χ0n) is 8.67. The van der Waals surface area contributed by atoms with E-state index in [0.717, 1.165) is 13.8 Å². The van der Waals surface area contributed by atoms with Crippen LogP contribution < -0.4 is 5.32 Å². The fourth-order valence-corrected chi connectivity index (χ4v) is 0.993. The zero-order chi connectivity index (χ0) is 12.9. The predicted octanol–water partition coefficient (Wildman–Crippen LogP) is -0.528. The second-order valence-electron chi connectivity index (χ2n) is 3.37. The van der Waals surface area contributed by atoms with Crippen LogP contribution in [0.4, 0.5) is 0 Å². The predicted molar refractivity (Wildman–Crippen MR) is 55.6 cm³/mol. The van der Waals surface area contributed by atoms with E-state index in [4.69, 9.17) is 5.11 Å². The van der Waals surface area contributed by atoms with Gasteiger partial charge in [0.1, 0.15) is 6.04 Å². The Morgan fingerprint density at radius 1 is 1.62 bits per heavy atom. The van der Waals surface area contributed by atoms with E-state index >= 15 is 0 Å². The molecule has 9 heteroatoms. The number of rotatable bonds is 6. The first-order valence-corrected chi connectivity index (χ1v) is 4.82. The molecule has 0 saturated heterocycles. The highest BCUT2D eigenvalue weighted by atomic mass is 32.1. The molecule has 0 fully saturated rings. The Labute approximate surface area is 96.5 Å². The Balaban J connectivity index is 4.55. The van der Waals surface area contributed by atoms with E-state index in [9.17, 15) is 19.7 Å². The lowest BCUT2D eigenvalue weighted by atomic mass is 10.1. The smallest absolute Gasteiger partial charge is 0.327 e. The lowest BCUT2D eigenvalue weighted by Crippen LogP contribution is -2.52. The second kappa shape index (κ2) is 5.54. The van der Waals surface area contributed by atoms with Crippen molar-refractivity contribution in [2.75, 3.05) is 5.75 Å². The van der Waals surface area contributed by atoms with E-state index in [1.54, 1.807) is 0 Å². The first-order chi connectivity index (χ1) is 7.20. The maximum atomic E-state index is 11.4. The van der Waals surface area contributed by atoms with Crippen LogP contribution in [0.1, 0.15) is 13.8 Å². The largest absolute Gasteiger partial charge is 0.480 e. The molecule has 0 bridgehead atoms. The summed E-state index contributed by atoms with van der Waals surface area (Å²) in [6.45, 7) is 2.31. The number of nitrogens with one attached hydrogen (secondary N) is 1. The summed E-state index contributed by atoms with van der Waals surface area (Å²) in [4.78, 5) is 36.2. The minimum atomic E-state index is -1.75. The summed E-state index contributed by atoms with van der Waals surface area (Å²) in [7, 11) is 0. The Kier molecular flexibility index (Phi) is 5.02. The van der Waals surface area contributed by atoms with Crippen LogP contribution in [-0.4, -0.2) is 39.5 Å². The molecule has 0 heterocycles. The summed E-state index contributed by atoms with van der Waals surface area (Å²) in [5, 5.41) is 19.7. The lowest BCUT2D eigenvalue weighted by molar-refractivity contribution is -0.774. The minimum absolute atomic E-state index is 0.129. The molecule has 0 saturated carbocycles. The van der Waals surface area contributed by atoms with Crippen LogP contribution in [0, 0.1) is 10.1 Å². The van der Waals surface area contributed by atoms with Gasteiger partial charge in [-0.1, -0.05) is 0 Å². The molecule has 16 heavy (non-hydrogen) atoms. The standard InChI is InChI=1S/C7H12N2O6S/c1-7(2,15-9(13)14)6(12)8-4(3-16)5(10)11/h4,16H,3H2,1-2H3,(H,8,12)(H,10,11). The Hall–Kier alpha value is -1.51. The molecule has 0 aliphatic carbocycles. The molecular formula is C7H12N2O6S. The molecule has 92 valence electrons. The molecule has 0 spiro atoms. The normalized spacial score (nSPS) is 12.7. The number of amides is 1. The van der Waals surface area contributed by atoms with Crippen LogP contribution in [0.5, 0.6) is 0 Å². The molecule has 0 aliphatic heterocycles. The molecule has 1 amide bonds. The van der Waals surface area contributed by atoms with Gasteiger partial charge in [-0.3, -0.25) is 9.63 Å². The molecule has 0 rings (SSSR count). The van der Waals surface area contributed by atoms with Crippen LogP contribution in [0.2, 0.25) is 0 Å². The Morgan fingerprint density at radius 2 is 2.12 bits per heavy atom. The molecule has 8 nitrogen and oxygen atoms in total. The highest BCUT2D eigenvalue weighted by Crippen LogP contribution is 2.09. The van der Waals surface area contributed by atoms with Crippen molar-refractivity contribution in [2.24, 2.45) is 0 Å². The molecule has 0 aliphatic rings. The minimum Gasteiger partial charge on any atom is -0.480 e. The first kappa shape index (κ1) is 14.5. The second-order valence-corrected chi connectivity index (χ2v) is 3.74. The van der Waals surface area contributed by atoms with Gasteiger partial charge in [0.05, 0.1) is 0 Å². The average molecular weight is 252 g/mol. The maximum Gasteiger partial charge on any atom is 0.327 e. The molecular weight excluding hydrogens is 240 g/mol. The quantitative estimate of drug-likeness (QED) is 0.332. The van der Waals surface area contributed by atoms with Crippen LogP contribution in [0.15, 0.2) is 0 Å². The van der Waals surface area contributed by atoms with Gasteiger partial charge in [0.2, 0.25) is 0 Å². The van der Waals surface area contributed by atoms with Gasteiger partial charge in [0.25, 0.3) is 11.0 Å². The van der Waals surface area contributed by atoms with E-state index in [1.165, 1.54) is 0 Å². The van der Waals surface area contributed by atoms with Crippen molar-refractivity contribution in [3.63, 3.8) is 0 Å². The molecule has 0 aromatic rings. The topological polar surface area (TPSA) is 119 Å². The summed E-state index contributed by atoms with van der Waals surface area (Å²) >= 11 is 3.72. The van der Waals surface area contributed by atoms with E-state index < -0.39 is 28.6 Å². The van der Waals surface area contributed by atoms with Crippen molar-refractivity contribution in [3.05, 3.63) is 10.1 Å². The van der Waals surface area contributed by atoms with Crippen LogP contribution in [0.25, 0.3) is 0 Å². The summed E-state index contributed by atoms with van der Waals surface area (Å²) in [6, 6.07) is -1.22. The van der Waals surface area contributed by atoms with Gasteiger partial charge in [-0.15, -0.1) is 10.1 Å². The van der Waals surface area contributed by atoms with Crippen molar-refractivity contribution in [1.29, 1.82) is 0 Å². The average Bonchev–Trinajstić information content (AvgIpc) is 2.10. The number of aliphatic carboxylic acids is 1. The molecule has 0 aromatic heterocycles. The zero-order valence-corrected chi connectivity index (χ0v) is 9.56. The number of thiol groups is 1. The lowest BCUT2D eigenvalue weighted by Gasteiger charge is -2.22. The van der Waals surface area contributed by atoms with E-state index in [1.807, 2.05) is 0 Å². The van der Waals surface area contributed by atoms with Gasteiger partial charge in [-0.05, 0) is 13.8 Å². The number of carbonyl (C=O) groups excluding carboxylic acids is 1. The summed E-state index contributed by atoms with van der Waals surface area (Å²) in [5.41, 5.74) is -1.75. The highest BCUT2D eigenvalue weighted by Gasteiger charge is 2.34. The third kappa shape index (κ3) is 4.34. The summed E-state index contributed by atoms with van der Waals surface area (Å²) in [6.07, 6.45) is 0. The van der Waals surface area contributed by atoms with Gasteiger partial charge in [0.15, 0.2) is 5.60 Å². The van der Waals surface area contributed by atoms with Crippen LogP contribution in [-0.2, 0) is 14.4 Å². The third-order valence-electron chi connectivity index (χ3n) is 1.64. The number of hydrogen-bond donors (Lipinski definition) is 3. The van der Waals surface area contributed by atoms with E-state index in [2.05, 4.69) is 22.8 Å². The summed E-state index contributed by atoms with van der Waals surface area (Å²) in [5.74, 6) is -2.30. The van der Waals surface area contributed by atoms with Crippen LogP contribution in [0.3, 0.4) is 0 Å². The van der Waals surface area contributed by atoms with Crippen molar-refractivity contribution in [1.82, 2.24) is 5.32 Å². The van der Waals surface area contributed by atoms with Crippen molar-refractivity contribution in [3.8, 4) is 0 Å². The fraction of sp³-hybridized carbons (Fsp3) is 0.714. The highest BCUT2D eigenvalue weighted by molar-refractivity contribution is 7.80. The third-order valence-corrected chi connectivity index (χ3v) is 2.00. The SMILES string of the molecule is CC(C)(O[N+](=O)[O-])C(=O)NC(CS)C(=O)O. The van der Waals surface area contributed by atoms with Crippen molar-refractivity contribution >= 4 is 24.5 Å². The van der Waals surface area contributed by atoms with Crippen LogP contribution >= 0.6 is 12.6 Å². The van der Waals surface area contributed by atoms with E-state index in [0.29, 0.717) is 0 Å². The molecule has 1 atom stereocenters. The fourth-order valence-electron chi connectivity index (χ4n) is 0.745. The summed E-state index contributed by atoms with van der Waals surface area (Å²) < 4.78 is 0. The maximum absolute atomic E-state index is 11.4. The molecule has 0 radical (unpaired) electrons. The number of nitrogens with zero attached hydrogens (tertiary/aromatic N) is 1. The number of carboxylic acids is 1. The molecule has 0 aromatic carbocycles. The van der Waals surface area contributed by atoms with Crippen molar-refractivity contribution < 1.29 is 24.6 Å². The van der Waals surface area contributed by atoms with Gasteiger partial charge in [0, 0.05) is 5.75 Å². The Morgan fingerprint density at radius 3 is 2.44 bits per heavy atom. The monoisotopic (exact) mass is 252 g/mol. The number of carbonyl (C=O) groups is 2. The number of hydrogen-bond acceptors (Lipinski definition) is 6. The Bertz CT molecular complexity index is 305. The van der Waals surface area contributed by atoms with Gasteiger partial charge in [-0.25, -0.2) is 4.79 Å². The van der Waals surface area contributed by atoms with Crippen molar-refractivity contribution in [2.45, 2.75) is 25.5 Å².